The number of carbonyl (C=O) groups is 1. The van der Waals surface area contributed by atoms with Gasteiger partial charge in [-0.2, -0.15) is 0 Å². The molecular weight excluding hydrogens is 391 g/mol. The van der Waals surface area contributed by atoms with Crippen molar-refractivity contribution < 1.29 is 4.79 Å². The van der Waals surface area contributed by atoms with Crippen LogP contribution in [0.1, 0.15) is 16.7 Å². The first-order valence-electron chi connectivity index (χ1n) is 8.48. The molecule has 1 aliphatic rings. The minimum Gasteiger partial charge on any atom is -0.307 e. The van der Waals surface area contributed by atoms with Crippen molar-refractivity contribution in [3.8, 4) is 0 Å². The van der Waals surface area contributed by atoms with E-state index in [4.69, 9.17) is 34.8 Å². The molecule has 6 heteroatoms. The highest BCUT2D eigenvalue weighted by atomic mass is 35.5. The molecule has 0 fully saturated rings. The molecule has 0 radical (unpaired) electrons. The summed E-state index contributed by atoms with van der Waals surface area (Å²) < 4.78 is 0. The number of hydrogen-bond donors (Lipinski definition) is 1. The fourth-order valence-corrected chi connectivity index (χ4v) is 4.24. The maximum atomic E-state index is 13.5. The van der Waals surface area contributed by atoms with Gasteiger partial charge in [0.05, 0.1) is 10.0 Å². The molecule has 1 heterocycles. The zero-order valence-electron chi connectivity index (χ0n) is 14.8. The third-order valence-corrected chi connectivity index (χ3v) is 5.85. The Kier molecular flexibility index (Phi) is 5.95. The quantitative estimate of drug-likeness (QED) is 0.793. The van der Waals surface area contributed by atoms with Crippen molar-refractivity contribution in [1.29, 1.82) is 0 Å². The average molecular weight is 412 g/mol. The molecule has 0 saturated heterocycles. The van der Waals surface area contributed by atoms with Crippen LogP contribution in [0.3, 0.4) is 0 Å². The first kappa shape index (κ1) is 19.7. The van der Waals surface area contributed by atoms with Gasteiger partial charge in [-0.1, -0.05) is 53.0 Å². The number of nitrogens with one attached hydrogen (secondary N) is 1. The van der Waals surface area contributed by atoms with E-state index in [0.717, 1.165) is 28.1 Å². The molecule has 1 unspecified atom stereocenters. The van der Waals surface area contributed by atoms with Crippen LogP contribution < -0.4 is 5.32 Å². The molecule has 26 heavy (non-hydrogen) atoms. The molecule has 0 amide bonds. The molecule has 0 saturated carbocycles. The smallest absolute Gasteiger partial charge is 0.163 e. The van der Waals surface area contributed by atoms with Crippen LogP contribution in [-0.4, -0.2) is 37.9 Å². The summed E-state index contributed by atoms with van der Waals surface area (Å²) in [6, 6.07) is 11.1. The zero-order chi connectivity index (χ0) is 18.9. The first-order valence-corrected chi connectivity index (χ1v) is 9.62. The second-order valence-corrected chi connectivity index (χ2v) is 8.16. The fourth-order valence-electron chi connectivity index (χ4n) is 3.65. The second-order valence-electron chi connectivity index (χ2n) is 6.93. The highest BCUT2D eigenvalue weighted by molar-refractivity contribution is 6.42. The van der Waals surface area contributed by atoms with Gasteiger partial charge in [0.25, 0.3) is 0 Å². The molecule has 0 spiro atoms. The summed E-state index contributed by atoms with van der Waals surface area (Å²) in [6.07, 6.45) is 1.08. The van der Waals surface area contributed by atoms with E-state index in [2.05, 4.69) is 5.32 Å². The molecule has 3 nitrogen and oxygen atoms in total. The molecule has 138 valence electrons. The van der Waals surface area contributed by atoms with Crippen molar-refractivity contribution in [1.82, 2.24) is 10.2 Å². The normalized spacial score (nSPS) is 19.5. The topological polar surface area (TPSA) is 32.3 Å². The lowest BCUT2D eigenvalue weighted by Gasteiger charge is -2.41. The van der Waals surface area contributed by atoms with E-state index in [9.17, 15) is 4.79 Å². The number of nitrogens with zero attached hydrogens (tertiary/aromatic N) is 1. The second kappa shape index (κ2) is 7.87. The summed E-state index contributed by atoms with van der Waals surface area (Å²) >= 11 is 18.5. The highest BCUT2D eigenvalue weighted by Crippen LogP contribution is 2.35. The molecular formula is C20H21Cl3N2O. The summed E-state index contributed by atoms with van der Waals surface area (Å²) in [5, 5.41) is 5.14. The van der Waals surface area contributed by atoms with Crippen LogP contribution in [0.25, 0.3) is 0 Å². The minimum atomic E-state index is -0.798. The van der Waals surface area contributed by atoms with Crippen LogP contribution in [0, 0.1) is 0 Å². The number of likely N-dealkylation sites (N-methyl/N-ethyl adjacent to an activating group) is 1. The van der Waals surface area contributed by atoms with E-state index in [1.54, 1.807) is 12.1 Å². The molecule has 0 aliphatic carbocycles. The maximum absolute atomic E-state index is 13.5. The van der Waals surface area contributed by atoms with E-state index < -0.39 is 5.54 Å². The number of rotatable bonds is 5. The van der Waals surface area contributed by atoms with Gasteiger partial charge in [0, 0.05) is 24.5 Å². The number of halogens is 3. The van der Waals surface area contributed by atoms with Crippen LogP contribution >= 0.6 is 34.8 Å². The van der Waals surface area contributed by atoms with Gasteiger partial charge >= 0.3 is 0 Å². The number of benzene rings is 2. The Hall–Kier alpha value is -1.10. The summed E-state index contributed by atoms with van der Waals surface area (Å²) in [4.78, 5) is 15.5. The Morgan fingerprint density at radius 3 is 2.58 bits per heavy atom. The van der Waals surface area contributed by atoms with Crippen LogP contribution in [0.5, 0.6) is 0 Å². The summed E-state index contributed by atoms with van der Waals surface area (Å²) in [6.45, 7) is 1.26. The number of hydrogen-bond acceptors (Lipinski definition) is 3. The Labute approximate surface area is 169 Å². The van der Waals surface area contributed by atoms with Crippen LogP contribution in [0.2, 0.25) is 15.1 Å². The van der Waals surface area contributed by atoms with Crippen LogP contribution in [-0.2, 0) is 23.2 Å². The van der Waals surface area contributed by atoms with Gasteiger partial charge in [0.2, 0.25) is 0 Å². The number of ketones is 1. The van der Waals surface area contributed by atoms with Crippen LogP contribution in [0.15, 0.2) is 36.4 Å². The van der Waals surface area contributed by atoms with Crippen molar-refractivity contribution in [2.45, 2.75) is 18.4 Å². The summed E-state index contributed by atoms with van der Waals surface area (Å²) in [7, 11) is 3.93. The average Bonchev–Trinajstić information content (AvgIpc) is 2.58. The number of fused-ring (bicyclic) bond motifs is 1. The Bertz CT molecular complexity index is 838. The third kappa shape index (κ3) is 3.78. The number of carbonyl (C=O) groups excluding carboxylic acids is 1. The van der Waals surface area contributed by atoms with Gasteiger partial charge in [0.15, 0.2) is 5.78 Å². The van der Waals surface area contributed by atoms with Gasteiger partial charge < -0.3 is 4.90 Å². The Morgan fingerprint density at radius 1 is 1.12 bits per heavy atom. The van der Waals surface area contributed by atoms with Crippen molar-refractivity contribution in [2.75, 3.05) is 27.2 Å². The van der Waals surface area contributed by atoms with Crippen LogP contribution in [0.4, 0.5) is 0 Å². The van der Waals surface area contributed by atoms with E-state index in [-0.39, 0.29) is 12.2 Å². The molecule has 2 aromatic carbocycles. The maximum Gasteiger partial charge on any atom is 0.163 e. The Balaban J connectivity index is 2.02. The van der Waals surface area contributed by atoms with E-state index in [1.165, 1.54) is 0 Å². The summed E-state index contributed by atoms with van der Waals surface area (Å²) in [5.41, 5.74) is 2.07. The van der Waals surface area contributed by atoms with E-state index in [1.807, 2.05) is 43.3 Å². The molecule has 2 aromatic rings. The predicted molar refractivity (Wildman–Crippen MR) is 109 cm³/mol. The zero-order valence-corrected chi connectivity index (χ0v) is 17.0. The van der Waals surface area contributed by atoms with E-state index >= 15 is 0 Å². The monoisotopic (exact) mass is 410 g/mol. The predicted octanol–water partition coefficient (Wildman–Crippen LogP) is 4.36. The molecule has 0 aromatic heterocycles. The molecule has 1 aliphatic heterocycles. The van der Waals surface area contributed by atoms with Gasteiger partial charge in [-0.15, -0.1) is 0 Å². The van der Waals surface area contributed by atoms with Crippen molar-refractivity contribution in [3.05, 3.63) is 68.2 Å². The first-order chi connectivity index (χ1) is 12.3. The third-order valence-electron chi connectivity index (χ3n) is 4.76. The lowest BCUT2D eigenvalue weighted by Crippen LogP contribution is -2.58. The summed E-state index contributed by atoms with van der Waals surface area (Å²) in [5.74, 6) is 0.0906. The largest absolute Gasteiger partial charge is 0.307 e. The van der Waals surface area contributed by atoms with Crippen molar-refractivity contribution in [2.24, 2.45) is 0 Å². The minimum absolute atomic E-state index is 0.0906. The van der Waals surface area contributed by atoms with Gasteiger partial charge in [-0.05, 0) is 55.4 Å². The van der Waals surface area contributed by atoms with Gasteiger partial charge in [0.1, 0.15) is 5.54 Å². The Morgan fingerprint density at radius 2 is 1.88 bits per heavy atom. The molecule has 3 rings (SSSR count). The van der Waals surface area contributed by atoms with E-state index in [0.29, 0.717) is 23.1 Å². The molecule has 1 N–H and O–H groups in total. The number of Topliss-reactive ketones (excluding diaryl/α,β-unsaturated/α-hetero) is 1. The lowest BCUT2D eigenvalue weighted by atomic mass is 9.77. The highest BCUT2D eigenvalue weighted by Gasteiger charge is 2.43. The standard InChI is InChI=1S/C20H21Cl3N2O/c1-25(2)12-20(15-4-3-5-16(21)14(15)8-9-24-20)19(26)11-13-6-7-17(22)18(23)10-13/h3-7,10,24H,8-9,11-12H2,1-2H3. The van der Waals surface area contributed by atoms with Crippen molar-refractivity contribution >= 4 is 40.6 Å². The fraction of sp³-hybridized carbons (Fsp3) is 0.350. The molecule has 0 bridgehead atoms. The van der Waals surface area contributed by atoms with Gasteiger partial charge in [-0.25, -0.2) is 0 Å². The van der Waals surface area contributed by atoms with Gasteiger partial charge in [-0.3, -0.25) is 10.1 Å². The molecule has 1 atom stereocenters. The SMILES string of the molecule is CN(C)CC1(C(=O)Cc2ccc(Cl)c(Cl)c2)NCCc2c(Cl)cccc21. The lowest BCUT2D eigenvalue weighted by molar-refractivity contribution is -0.126. The van der Waals surface area contributed by atoms with Crippen molar-refractivity contribution in [3.63, 3.8) is 0 Å².